The van der Waals surface area contributed by atoms with Gasteiger partial charge in [-0.1, -0.05) is 5.92 Å². The largest absolute Gasteiger partial charge is 0.396 e. The van der Waals surface area contributed by atoms with Crippen molar-refractivity contribution in [3.63, 3.8) is 0 Å². The van der Waals surface area contributed by atoms with E-state index in [1.807, 2.05) is 13.0 Å². The third-order valence-electron chi connectivity index (χ3n) is 1.93. The standard InChI is InChI=1S/C11H15N3S/c1-3-7-15-8-6-14-11-10(12)9(2)4-5-13-11/h1,4-5H,6-8,12H2,2H3,(H,13,14). The normalized spacial score (nSPS) is 9.60. The minimum absolute atomic E-state index is 0.722. The zero-order valence-corrected chi connectivity index (χ0v) is 9.60. The zero-order chi connectivity index (χ0) is 11.1. The molecule has 0 saturated carbocycles. The average molecular weight is 221 g/mol. The number of anilines is 2. The first-order valence-corrected chi connectivity index (χ1v) is 5.87. The fourth-order valence-electron chi connectivity index (χ4n) is 1.08. The molecule has 0 aromatic carbocycles. The van der Waals surface area contributed by atoms with Crippen LogP contribution in [0.4, 0.5) is 11.5 Å². The van der Waals surface area contributed by atoms with E-state index in [1.165, 1.54) is 0 Å². The average Bonchev–Trinajstić information content (AvgIpc) is 2.24. The molecule has 1 heterocycles. The van der Waals surface area contributed by atoms with Crippen molar-refractivity contribution in [1.82, 2.24) is 4.98 Å². The number of terminal acetylenes is 1. The second kappa shape index (κ2) is 6.20. The monoisotopic (exact) mass is 221 g/mol. The zero-order valence-electron chi connectivity index (χ0n) is 8.79. The minimum Gasteiger partial charge on any atom is -0.396 e. The van der Waals surface area contributed by atoms with Crippen molar-refractivity contribution in [2.45, 2.75) is 6.92 Å². The quantitative estimate of drug-likeness (QED) is 0.587. The van der Waals surface area contributed by atoms with E-state index in [0.717, 1.165) is 35.1 Å². The molecule has 1 aromatic heterocycles. The summed E-state index contributed by atoms with van der Waals surface area (Å²) in [5, 5.41) is 3.19. The topological polar surface area (TPSA) is 50.9 Å². The summed E-state index contributed by atoms with van der Waals surface area (Å²) in [6.07, 6.45) is 6.89. The molecule has 15 heavy (non-hydrogen) atoms. The van der Waals surface area contributed by atoms with E-state index in [0.29, 0.717) is 0 Å². The summed E-state index contributed by atoms with van der Waals surface area (Å²) in [5.74, 6) is 5.05. The van der Waals surface area contributed by atoms with Crippen molar-refractivity contribution in [1.29, 1.82) is 0 Å². The van der Waals surface area contributed by atoms with Gasteiger partial charge in [-0.25, -0.2) is 4.98 Å². The third-order valence-corrected chi connectivity index (χ3v) is 2.80. The van der Waals surface area contributed by atoms with Crippen molar-refractivity contribution < 1.29 is 0 Å². The second-order valence-electron chi connectivity index (χ2n) is 3.07. The molecule has 0 unspecified atom stereocenters. The summed E-state index contributed by atoms with van der Waals surface area (Å²) in [4.78, 5) is 4.17. The number of nitrogens with two attached hydrogens (primary N) is 1. The van der Waals surface area contributed by atoms with Gasteiger partial charge in [-0.05, 0) is 18.6 Å². The van der Waals surface area contributed by atoms with E-state index in [2.05, 4.69) is 16.2 Å². The van der Waals surface area contributed by atoms with E-state index in [9.17, 15) is 0 Å². The smallest absolute Gasteiger partial charge is 0.149 e. The van der Waals surface area contributed by atoms with E-state index in [-0.39, 0.29) is 0 Å². The SMILES string of the molecule is C#CCSCCNc1nccc(C)c1N. The highest BCUT2D eigenvalue weighted by molar-refractivity contribution is 7.99. The number of aromatic nitrogens is 1. The van der Waals surface area contributed by atoms with Crippen molar-refractivity contribution in [3.8, 4) is 12.3 Å². The number of aryl methyl sites for hydroxylation is 1. The summed E-state index contributed by atoms with van der Waals surface area (Å²) in [7, 11) is 0. The highest BCUT2D eigenvalue weighted by Gasteiger charge is 2.01. The Morgan fingerprint density at radius 3 is 3.20 bits per heavy atom. The number of nitrogens with one attached hydrogen (secondary N) is 1. The van der Waals surface area contributed by atoms with Gasteiger partial charge in [0.15, 0.2) is 0 Å². The maximum atomic E-state index is 5.86. The highest BCUT2D eigenvalue weighted by Crippen LogP contribution is 2.18. The maximum absolute atomic E-state index is 5.86. The molecule has 1 aromatic rings. The lowest BCUT2D eigenvalue weighted by atomic mass is 10.2. The molecule has 0 fully saturated rings. The molecule has 0 amide bonds. The Morgan fingerprint density at radius 1 is 1.67 bits per heavy atom. The number of nitrogens with zero attached hydrogens (tertiary/aromatic N) is 1. The van der Waals surface area contributed by atoms with E-state index < -0.39 is 0 Å². The number of pyridine rings is 1. The molecule has 0 radical (unpaired) electrons. The van der Waals surface area contributed by atoms with Gasteiger partial charge in [-0.3, -0.25) is 0 Å². The lowest BCUT2D eigenvalue weighted by Crippen LogP contribution is -2.08. The molecule has 0 aliphatic carbocycles. The van der Waals surface area contributed by atoms with Crippen LogP contribution >= 0.6 is 11.8 Å². The Kier molecular flexibility index (Phi) is 4.85. The second-order valence-corrected chi connectivity index (χ2v) is 4.18. The molecule has 3 N–H and O–H groups in total. The molecule has 0 bridgehead atoms. The summed E-state index contributed by atoms with van der Waals surface area (Å²) in [5.41, 5.74) is 7.63. The summed E-state index contributed by atoms with van der Waals surface area (Å²) in [6.45, 7) is 2.79. The Labute approximate surface area is 94.9 Å². The molecule has 0 aliphatic heterocycles. The summed E-state index contributed by atoms with van der Waals surface area (Å²) >= 11 is 1.72. The molecule has 4 heteroatoms. The lowest BCUT2D eigenvalue weighted by Gasteiger charge is -2.08. The van der Waals surface area contributed by atoms with Crippen LogP contribution in [0.2, 0.25) is 0 Å². The Balaban J connectivity index is 2.38. The fourth-order valence-corrected chi connectivity index (χ4v) is 1.59. The Hall–Kier alpha value is -1.34. The van der Waals surface area contributed by atoms with E-state index >= 15 is 0 Å². The minimum atomic E-state index is 0.722. The van der Waals surface area contributed by atoms with Gasteiger partial charge in [0.25, 0.3) is 0 Å². The van der Waals surface area contributed by atoms with E-state index in [4.69, 9.17) is 12.2 Å². The molecular formula is C11H15N3S. The number of hydrogen-bond acceptors (Lipinski definition) is 4. The van der Waals surface area contributed by atoms with Crippen LogP contribution in [0, 0.1) is 19.3 Å². The van der Waals surface area contributed by atoms with Crippen LogP contribution in [0.1, 0.15) is 5.56 Å². The molecule has 1 rings (SSSR count). The van der Waals surface area contributed by atoms with Gasteiger partial charge in [0.1, 0.15) is 5.82 Å². The number of nitrogen functional groups attached to an aromatic ring is 1. The van der Waals surface area contributed by atoms with Crippen LogP contribution in [0.15, 0.2) is 12.3 Å². The molecule has 0 spiro atoms. The first kappa shape index (κ1) is 11.7. The molecule has 0 atom stereocenters. The van der Waals surface area contributed by atoms with Crippen molar-refractivity contribution >= 4 is 23.3 Å². The number of hydrogen-bond donors (Lipinski definition) is 2. The van der Waals surface area contributed by atoms with Crippen LogP contribution < -0.4 is 11.1 Å². The first-order chi connectivity index (χ1) is 7.25. The number of thioether (sulfide) groups is 1. The van der Waals surface area contributed by atoms with Gasteiger partial charge < -0.3 is 11.1 Å². The molecule has 0 aliphatic rings. The van der Waals surface area contributed by atoms with Crippen LogP contribution in [0.5, 0.6) is 0 Å². The first-order valence-electron chi connectivity index (χ1n) is 4.72. The fraction of sp³-hybridized carbons (Fsp3) is 0.364. The van der Waals surface area contributed by atoms with Crippen molar-refractivity contribution in [3.05, 3.63) is 17.8 Å². The van der Waals surface area contributed by atoms with Crippen LogP contribution in [-0.4, -0.2) is 23.0 Å². The van der Waals surface area contributed by atoms with Crippen LogP contribution in [0.3, 0.4) is 0 Å². The Morgan fingerprint density at radius 2 is 2.47 bits per heavy atom. The molecule has 3 nitrogen and oxygen atoms in total. The van der Waals surface area contributed by atoms with Gasteiger partial charge in [0, 0.05) is 18.5 Å². The van der Waals surface area contributed by atoms with Crippen LogP contribution in [-0.2, 0) is 0 Å². The van der Waals surface area contributed by atoms with E-state index in [1.54, 1.807) is 18.0 Å². The van der Waals surface area contributed by atoms with Gasteiger partial charge >= 0.3 is 0 Å². The third kappa shape index (κ3) is 3.72. The van der Waals surface area contributed by atoms with Crippen molar-refractivity contribution in [2.24, 2.45) is 0 Å². The van der Waals surface area contributed by atoms with Crippen LogP contribution in [0.25, 0.3) is 0 Å². The van der Waals surface area contributed by atoms with Gasteiger partial charge in [0.05, 0.1) is 11.4 Å². The van der Waals surface area contributed by atoms with Crippen molar-refractivity contribution in [2.75, 3.05) is 29.1 Å². The van der Waals surface area contributed by atoms with Gasteiger partial charge in [-0.2, -0.15) is 0 Å². The molecule has 0 saturated heterocycles. The van der Waals surface area contributed by atoms with Gasteiger partial charge in [0.2, 0.25) is 0 Å². The van der Waals surface area contributed by atoms with Gasteiger partial charge in [-0.15, -0.1) is 18.2 Å². The Bertz CT molecular complexity index is 357. The summed E-state index contributed by atoms with van der Waals surface area (Å²) < 4.78 is 0. The highest BCUT2D eigenvalue weighted by atomic mass is 32.2. The lowest BCUT2D eigenvalue weighted by molar-refractivity contribution is 1.16. The number of rotatable bonds is 5. The molecule has 80 valence electrons. The maximum Gasteiger partial charge on any atom is 0.149 e. The summed E-state index contributed by atoms with van der Waals surface area (Å²) in [6, 6.07) is 1.90. The molecular weight excluding hydrogens is 206 g/mol. The predicted octanol–water partition coefficient (Wildman–Crippen LogP) is 1.75. The predicted molar refractivity (Wildman–Crippen MR) is 68.0 cm³/mol.